The Morgan fingerprint density at radius 1 is 1.00 bits per heavy atom. The fourth-order valence-electron chi connectivity index (χ4n) is 3.77. The largest absolute Gasteiger partial charge is 0.366 e. The van der Waals surface area contributed by atoms with Crippen molar-refractivity contribution < 1.29 is 9.59 Å². The number of halogens is 1. The van der Waals surface area contributed by atoms with Crippen LogP contribution in [0.25, 0.3) is 0 Å². The molecule has 1 fully saturated rings. The maximum atomic E-state index is 12.9. The monoisotopic (exact) mass is 441 g/mol. The van der Waals surface area contributed by atoms with Crippen molar-refractivity contribution in [3.63, 3.8) is 0 Å². The van der Waals surface area contributed by atoms with E-state index >= 15 is 0 Å². The second-order valence-corrected chi connectivity index (χ2v) is 9.50. The van der Waals surface area contributed by atoms with Gasteiger partial charge in [-0.2, -0.15) is 0 Å². The Morgan fingerprint density at radius 2 is 1.65 bits per heavy atom. The third-order valence-electron chi connectivity index (χ3n) is 5.66. The first-order valence-corrected chi connectivity index (χ1v) is 11.3. The van der Waals surface area contributed by atoms with E-state index in [0.29, 0.717) is 35.8 Å². The van der Waals surface area contributed by atoms with Crippen LogP contribution in [0, 0.1) is 0 Å². The lowest BCUT2D eigenvalue weighted by Gasteiger charge is -2.37. The second kappa shape index (κ2) is 9.73. The second-order valence-electron chi connectivity index (χ2n) is 9.06. The highest BCUT2D eigenvalue weighted by molar-refractivity contribution is 6.31. The Morgan fingerprint density at radius 3 is 2.23 bits per heavy atom. The van der Waals surface area contributed by atoms with Crippen molar-refractivity contribution in [2.75, 3.05) is 36.4 Å². The molecule has 166 valence electrons. The van der Waals surface area contributed by atoms with E-state index in [-0.39, 0.29) is 17.2 Å². The molecule has 6 heteroatoms. The summed E-state index contributed by atoms with van der Waals surface area (Å²) in [6.45, 7) is 11.3. The van der Waals surface area contributed by atoms with E-state index < -0.39 is 0 Å². The van der Waals surface area contributed by atoms with Crippen LogP contribution in [-0.2, 0) is 10.2 Å². The van der Waals surface area contributed by atoms with Crippen LogP contribution in [0.15, 0.2) is 42.5 Å². The number of benzene rings is 2. The molecule has 31 heavy (non-hydrogen) atoms. The number of rotatable bonds is 5. The quantitative estimate of drug-likeness (QED) is 0.681. The molecule has 3 rings (SSSR count). The van der Waals surface area contributed by atoms with Gasteiger partial charge in [-0.3, -0.25) is 9.59 Å². The normalized spacial score (nSPS) is 14.5. The Balaban J connectivity index is 1.73. The molecule has 1 saturated heterocycles. The molecule has 0 aliphatic carbocycles. The number of nitrogens with zero attached hydrogens (tertiary/aromatic N) is 2. The first kappa shape index (κ1) is 23.1. The number of carbonyl (C=O) groups is 2. The van der Waals surface area contributed by atoms with Gasteiger partial charge in [-0.05, 0) is 47.7 Å². The third-order valence-corrected chi connectivity index (χ3v) is 5.89. The van der Waals surface area contributed by atoms with Gasteiger partial charge >= 0.3 is 0 Å². The van der Waals surface area contributed by atoms with Crippen LogP contribution < -0.4 is 10.2 Å². The van der Waals surface area contributed by atoms with E-state index in [1.807, 2.05) is 48.2 Å². The van der Waals surface area contributed by atoms with Gasteiger partial charge in [0.25, 0.3) is 5.91 Å². The molecular weight excluding hydrogens is 410 g/mol. The highest BCUT2D eigenvalue weighted by Crippen LogP contribution is 2.31. The van der Waals surface area contributed by atoms with Crippen molar-refractivity contribution in [3.05, 3.63) is 58.6 Å². The predicted octanol–water partition coefficient (Wildman–Crippen LogP) is 5.34. The summed E-state index contributed by atoms with van der Waals surface area (Å²) in [6.07, 6.45) is 1.46. The van der Waals surface area contributed by atoms with Crippen molar-refractivity contribution in [1.29, 1.82) is 0 Å². The van der Waals surface area contributed by atoms with Crippen molar-refractivity contribution in [1.82, 2.24) is 4.90 Å². The minimum absolute atomic E-state index is 0.0375. The summed E-state index contributed by atoms with van der Waals surface area (Å²) in [6, 6.07) is 13.3. The van der Waals surface area contributed by atoms with Crippen LogP contribution in [-0.4, -0.2) is 42.9 Å². The molecule has 1 aliphatic rings. The molecule has 0 radical (unpaired) electrons. The Labute approximate surface area is 190 Å². The molecule has 2 aromatic rings. The highest BCUT2D eigenvalue weighted by Gasteiger charge is 2.23. The zero-order valence-corrected chi connectivity index (χ0v) is 19.6. The number of hydrogen-bond donors (Lipinski definition) is 1. The van der Waals surface area contributed by atoms with Gasteiger partial charge in [0.15, 0.2) is 0 Å². The van der Waals surface area contributed by atoms with Gasteiger partial charge in [-0.1, -0.05) is 51.4 Å². The summed E-state index contributed by atoms with van der Waals surface area (Å²) in [7, 11) is 0. The average molecular weight is 442 g/mol. The van der Waals surface area contributed by atoms with Crippen molar-refractivity contribution in [2.45, 2.75) is 46.0 Å². The fourth-order valence-corrected chi connectivity index (χ4v) is 3.94. The van der Waals surface area contributed by atoms with Gasteiger partial charge in [-0.15, -0.1) is 0 Å². The van der Waals surface area contributed by atoms with Crippen LogP contribution >= 0.6 is 11.6 Å². The summed E-state index contributed by atoms with van der Waals surface area (Å²) in [5, 5.41) is 3.60. The number of piperazine rings is 1. The molecule has 2 amide bonds. The zero-order valence-electron chi connectivity index (χ0n) is 18.9. The van der Waals surface area contributed by atoms with Gasteiger partial charge in [0.1, 0.15) is 0 Å². The summed E-state index contributed by atoms with van der Waals surface area (Å²) < 4.78 is 0. The molecule has 0 atom stereocenters. The van der Waals surface area contributed by atoms with Gasteiger partial charge in [0, 0.05) is 43.2 Å². The topological polar surface area (TPSA) is 52.7 Å². The molecule has 0 saturated carbocycles. The lowest BCUT2D eigenvalue weighted by molar-refractivity contribution is -0.131. The summed E-state index contributed by atoms with van der Waals surface area (Å²) >= 11 is 6.23. The number of amides is 2. The number of anilines is 2. The van der Waals surface area contributed by atoms with Gasteiger partial charge in [0.2, 0.25) is 5.91 Å². The van der Waals surface area contributed by atoms with Crippen LogP contribution in [0.3, 0.4) is 0 Å². The smallest absolute Gasteiger partial charge is 0.255 e. The summed E-state index contributed by atoms with van der Waals surface area (Å²) in [5.41, 5.74) is 3.43. The van der Waals surface area contributed by atoms with Crippen LogP contribution in [0.1, 0.15) is 56.5 Å². The van der Waals surface area contributed by atoms with Crippen molar-refractivity contribution in [2.24, 2.45) is 0 Å². The molecule has 0 bridgehead atoms. The van der Waals surface area contributed by atoms with E-state index in [2.05, 4.69) is 31.0 Å². The molecule has 0 spiro atoms. The molecule has 0 unspecified atom stereocenters. The Kier molecular flexibility index (Phi) is 7.26. The molecule has 1 aliphatic heterocycles. The minimum Gasteiger partial charge on any atom is -0.366 e. The fraction of sp³-hybridized carbons (Fsp3) is 0.440. The lowest BCUT2D eigenvalue weighted by Crippen LogP contribution is -2.48. The molecule has 1 heterocycles. The number of carbonyl (C=O) groups excluding carboxylic acids is 2. The van der Waals surface area contributed by atoms with E-state index in [9.17, 15) is 9.59 Å². The van der Waals surface area contributed by atoms with E-state index in [1.54, 1.807) is 6.07 Å². The van der Waals surface area contributed by atoms with Crippen molar-refractivity contribution >= 4 is 34.8 Å². The van der Waals surface area contributed by atoms with E-state index in [4.69, 9.17) is 11.6 Å². The van der Waals surface area contributed by atoms with Crippen LogP contribution in [0.5, 0.6) is 0 Å². The Hall–Kier alpha value is -2.53. The third kappa shape index (κ3) is 5.79. The summed E-state index contributed by atoms with van der Waals surface area (Å²) in [5.74, 6) is 0.0474. The SMILES string of the molecule is CCCC(=O)N1CCN(c2ccc(Cl)cc2NC(=O)c2ccc(C(C)(C)C)cc2)CC1. The van der Waals surface area contributed by atoms with Crippen LogP contribution in [0.2, 0.25) is 5.02 Å². The first-order valence-electron chi connectivity index (χ1n) is 10.9. The average Bonchev–Trinajstić information content (AvgIpc) is 2.74. The summed E-state index contributed by atoms with van der Waals surface area (Å²) in [4.78, 5) is 29.2. The Bertz CT molecular complexity index is 927. The maximum absolute atomic E-state index is 12.9. The van der Waals surface area contributed by atoms with Crippen molar-refractivity contribution in [3.8, 4) is 0 Å². The number of nitrogens with one attached hydrogen (secondary N) is 1. The molecule has 5 nitrogen and oxygen atoms in total. The van der Waals surface area contributed by atoms with E-state index in [1.165, 1.54) is 5.56 Å². The van der Waals surface area contributed by atoms with E-state index in [0.717, 1.165) is 25.2 Å². The highest BCUT2D eigenvalue weighted by atomic mass is 35.5. The lowest BCUT2D eigenvalue weighted by atomic mass is 9.87. The maximum Gasteiger partial charge on any atom is 0.255 e. The zero-order chi connectivity index (χ0) is 22.6. The van der Waals surface area contributed by atoms with Gasteiger partial charge in [-0.25, -0.2) is 0 Å². The van der Waals surface area contributed by atoms with Gasteiger partial charge in [0.05, 0.1) is 11.4 Å². The standard InChI is InChI=1S/C25H32ClN3O2/c1-5-6-23(30)29-15-13-28(14-16-29)22-12-11-20(26)17-21(22)27-24(31)18-7-9-19(10-8-18)25(2,3)4/h7-12,17H,5-6,13-16H2,1-4H3,(H,27,31). The molecule has 2 aromatic carbocycles. The molecular formula is C25H32ClN3O2. The first-order chi connectivity index (χ1) is 14.7. The molecule has 0 aromatic heterocycles. The molecule has 1 N–H and O–H groups in total. The van der Waals surface area contributed by atoms with Gasteiger partial charge < -0.3 is 15.1 Å². The minimum atomic E-state index is -0.166. The number of hydrogen-bond acceptors (Lipinski definition) is 3. The van der Waals surface area contributed by atoms with Crippen LogP contribution in [0.4, 0.5) is 11.4 Å². The predicted molar refractivity (Wildman–Crippen MR) is 128 cm³/mol.